The van der Waals surface area contributed by atoms with Crippen molar-refractivity contribution in [2.75, 3.05) is 18.8 Å². The summed E-state index contributed by atoms with van der Waals surface area (Å²) in [6.07, 6.45) is 2.25. The van der Waals surface area contributed by atoms with Crippen molar-refractivity contribution in [1.29, 1.82) is 0 Å². The van der Waals surface area contributed by atoms with E-state index in [1.807, 2.05) is 35.2 Å². The maximum Gasteiger partial charge on any atom is 0.232 e. The van der Waals surface area contributed by atoms with Crippen molar-refractivity contribution in [3.8, 4) is 5.75 Å². The Morgan fingerprint density at radius 2 is 1.80 bits per heavy atom. The largest absolute Gasteiger partial charge is 0.507 e. The molecule has 1 aliphatic heterocycles. The van der Waals surface area contributed by atoms with Crippen molar-refractivity contribution in [2.24, 2.45) is 0 Å². The lowest BCUT2D eigenvalue weighted by Gasteiger charge is -2.15. The van der Waals surface area contributed by atoms with Crippen LogP contribution in [0.3, 0.4) is 0 Å². The lowest BCUT2D eigenvalue weighted by atomic mass is 10.1. The van der Waals surface area contributed by atoms with E-state index >= 15 is 0 Å². The number of hydrogen-bond acceptors (Lipinski definition) is 3. The highest BCUT2D eigenvalue weighted by molar-refractivity contribution is 8.00. The summed E-state index contributed by atoms with van der Waals surface area (Å²) in [5, 5.41) is 11.7. The first-order valence-corrected chi connectivity index (χ1v) is 7.85. The Bertz CT molecular complexity index is 635. The van der Waals surface area contributed by atoms with Crippen LogP contribution in [0.25, 0.3) is 10.8 Å². The number of carbonyl (C=O) groups excluding carboxylic acids is 1. The molecule has 1 N–H and O–H groups in total. The van der Waals surface area contributed by atoms with E-state index in [1.54, 1.807) is 17.8 Å². The predicted molar refractivity (Wildman–Crippen MR) is 82.2 cm³/mol. The Hall–Kier alpha value is -1.68. The van der Waals surface area contributed by atoms with Gasteiger partial charge in [-0.05, 0) is 30.4 Å². The standard InChI is InChI=1S/C16H17NO2S/c18-14-7-8-15(13-6-2-1-5-12(13)14)20-11-16(19)17-9-3-4-10-17/h1-2,5-8,18H,3-4,9-11H2. The molecule has 1 fully saturated rings. The number of aromatic hydroxyl groups is 1. The Labute approximate surface area is 122 Å². The molecule has 0 atom stereocenters. The Morgan fingerprint density at radius 1 is 1.10 bits per heavy atom. The number of rotatable bonds is 3. The highest BCUT2D eigenvalue weighted by Gasteiger charge is 2.18. The van der Waals surface area contributed by atoms with Gasteiger partial charge < -0.3 is 10.0 Å². The fraction of sp³-hybridized carbons (Fsp3) is 0.312. The van der Waals surface area contributed by atoms with Gasteiger partial charge in [0.2, 0.25) is 5.91 Å². The number of phenolic OH excluding ortho intramolecular Hbond substituents is 1. The fourth-order valence-electron chi connectivity index (χ4n) is 2.58. The molecule has 0 radical (unpaired) electrons. The Balaban J connectivity index is 1.77. The van der Waals surface area contributed by atoms with Crippen molar-refractivity contribution in [3.63, 3.8) is 0 Å². The topological polar surface area (TPSA) is 40.5 Å². The highest BCUT2D eigenvalue weighted by Crippen LogP contribution is 2.33. The first kappa shape index (κ1) is 13.3. The van der Waals surface area contributed by atoms with Gasteiger partial charge in [0, 0.05) is 23.4 Å². The maximum absolute atomic E-state index is 12.1. The number of nitrogens with zero attached hydrogens (tertiary/aromatic N) is 1. The Kier molecular flexibility index (Phi) is 3.83. The minimum Gasteiger partial charge on any atom is -0.507 e. The molecule has 0 aliphatic carbocycles. The second kappa shape index (κ2) is 5.75. The molecule has 2 aromatic rings. The Morgan fingerprint density at radius 3 is 2.55 bits per heavy atom. The molecular weight excluding hydrogens is 270 g/mol. The third-order valence-electron chi connectivity index (χ3n) is 3.67. The van der Waals surface area contributed by atoms with E-state index in [2.05, 4.69) is 0 Å². The molecule has 1 heterocycles. The summed E-state index contributed by atoms with van der Waals surface area (Å²) in [5.74, 6) is 0.967. The van der Waals surface area contributed by atoms with Gasteiger partial charge in [-0.1, -0.05) is 24.3 Å². The quantitative estimate of drug-likeness (QED) is 0.881. The van der Waals surface area contributed by atoms with Crippen molar-refractivity contribution in [3.05, 3.63) is 36.4 Å². The van der Waals surface area contributed by atoms with E-state index in [0.29, 0.717) is 5.75 Å². The monoisotopic (exact) mass is 287 g/mol. The van der Waals surface area contributed by atoms with Gasteiger partial charge in [0.15, 0.2) is 0 Å². The minimum absolute atomic E-state index is 0.213. The maximum atomic E-state index is 12.1. The third kappa shape index (κ3) is 2.61. The predicted octanol–water partition coefficient (Wildman–Crippen LogP) is 3.26. The molecule has 1 aliphatic rings. The number of benzene rings is 2. The summed E-state index contributed by atoms with van der Waals surface area (Å²) in [6, 6.07) is 11.3. The number of thioether (sulfide) groups is 1. The molecule has 0 unspecified atom stereocenters. The van der Waals surface area contributed by atoms with Crippen LogP contribution < -0.4 is 0 Å². The zero-order valence-electron chi connectivity index (χ0n) is 11.2. The van der Waals surface area contributed by atoms with Crippen molar-refractivity contribution in [2.45, 2.75) is 17.7 Å². The number of hydrogen-bond donors (Lipinski definition) is 1. The van der Waals surface area contributed by atoms with Crippen LogP contribution in [0, 0.1) is 0 Å². The lowest BCUT2D eigenvalue weighted by molar-refractivity contribution is -0.127. The summed E-state index contributed by atoms with van der Waals surface area (Å²) in [6.45, 7) is 1.80. The molecule has 20 heavy (non-hydrogen) atoms. The molecule has 1 amide bonds. The first-order chi connectivity index (χ1) is 9.75. The van der Waals surface area contributed by atoms with E-state index in [1.165, 1.54) is 0 Å². The van der Waals surface area contributed by atoms with Gasteiger partial charge in [0.25, 0.3) is 0 Å². The SMILES string of the molecule is O=C(CSc1ccc(O)c2ccccc12)N1CCCC1. The van der Waals surface area contributed by atoms with Crippen LogP contribution in [0.5, 0.6) is 5.75 Å². The number of phenols is 1. The normalized spacial score (nSPS) is 14.9. The molecule has 3 nitrogen and oxygen atoms in total. The smallest absolute Gasteiger partial charge is 0.232 e. The summed E-state index contributed by atoms with van der Waals surface area (Å²) >= 11 is 1.55. The van der Waals surface area contributed by atoms with Crippen LogP contribution in [-0.2, 0) is 4.79 Å². The summed E-state index contributed by atoms with van der Waals surface area (Å²) in [4.78, 5) is 15.1. The van der Waals surface area contributed by atoms with E-state index < -0.39 is 0 Å². The van der Waals surface area contributed by atoms with E-state index in [0.717, 1.165) is 41.6 Å². The van der Waals surface area contributed by atoms with Crippen molar-refractivity contribution < 1.29 is 9.90 Å². The third-order valence-corrected chi connectivity index (χ3v) is 4.73. The van der Waals surface area contributed by atoms with Gasteiger partial charge in [0.05, 0.1) is 5.75 Å². The molecule has 0 spiro atoms. The zero-order valence-corrected chi connectivity index (χ0v) is 12.0. The first-order valence-electron chi connectivity index (χ1n) is 6.87. The number of carbonyl (C=O) groups is 1. The molecule has 2 aromatic carbocycles. The highest BCUT2D eigenvalue weighted by atomic mass is 32.2. The van der Waals surface area contributed by atoms with Crippen LogP contribution in [0.15, 0.2) is 41.3 Å². The van der Waals surface area contributed by atoms with Crippen LogP contribution in [0.2, 0.25) is 0 Å². The summed E-state index contributed by atoms with van der Waals surface area (Å²) in [5.41, 5.74) is 0. The number of amides is 1. The van der Waals surface area contributed by atoms with Gasteiger partial charge in [-0.15, -0.1) is 11.8 Å². The number of fused-ring (bicyclic) bond motifs is 1. The molecule has 0 bridgehead atoms. The second-order valence-electron chi connectivity index (χ2n) is 5.00. The average molecular weight is 287 g/mol. The van der Waals surface area contributed by atoms with Gasteiger partial charge in [-0.25, -0.2) is 0 Å². The molecular formula is C16H17NO2S. The van der Waals surface area contributed by atoms with Gasteiger partial charge in [-0.3, -0.25) is 4.79 Å². The lowest BCUT2D eigenvalue weighted by Crippen LogP contribution is -2.29. The van der Waals surface area contributed by atoms with Crippen molar-refractivity contribution >= 4 is 28.4 Å². The molecule has 4 heteroatoms. The van der Waals surface area contributed by atoms with Crippen LogP contribution in [-0.4, -0.2) is 34.8 Å². The summed E-state index contributed by atoms with van der Waals surface area (Å²) < 4.78 is 0. The van der Waals surface area contributed by atoms with Crippen LogP contribution >= 0.6 is 11.8 Å². The van der Waals surface area contributed by atoms with Gasteiger partial charge in [-0.2, -0.15) is 0 Å². The average Bonchev–Trinajstić information content (AvgIpc) is 3.01. The van der Waals surface area contributed by atoms with Gasteiger partial charge >= 0.3 is 0 Å². The molecule has 0 aromatic heterocycles. The van der Waals surface area contributed by atoms with E-state index in [4.69, 9.17) is 0 Å². The molecule has 1 saturated heterocycles. The van der Waals surface area contributed by atoms with Crippen molar-refractivity contribution in [1.82, 2.24) is 4.90 Å². The molecule has 104 valence electrons. The van der Waals surface area contributed by atoms with Crippen LogP contribution in [0.1, 0.15) is 12.8 Å². The molecule has 3 rings (SSSR count). The molecule has 0 saturated carbocycles. The fourth-order valence-corrected chi connectivity index (χ4v) is 3.54. The second-order valence-corrected chi connectivity index (χ2v) is 6.02. The summed E-state index contributed by atoms with van der Waals surface area (Å²) in [7, 11) is 0. The minimum atomic E-state index is 0.213. The number of likely N-dealkylation sites (tertiary alicyclic amines) is 1. The van der Waals surface area contributed by atoms with Gasteiger partial charge in [0.1, 0.15) is 5.75 Å². The zero-order chi connectivity index (χ0) is 13.9. The van der Waals surface area contributed by atoms with E-state index in [-0.39, 0.29) is 11.7 Å². The van der Waals surface area contributed by atoms with E-state index in [9.17, 15) is 9.90 Å². The van der Waals surface area contributed by atoms with Crippen LogP contribution in [0.4, 0.5) is 0 Å².